The molecule has 0 radical (unpaired) electrons. The zero-order valence-corrected chi connectivity index (χ0v) is 12.5. The molecule has 0 spiro atoms. The molecule has 2 aliphatic heterocycles. The van der Waals surface area contributed by atoms with Gasteiger partial charge in [-0.15, -0.1) is 0 Å². The van der Waals surface area contributed by atoms with Gasteiger partial charge < -0.3 is 5.32 Å². The number of non-ortho nitro benzene ring substituents is 1. The quantitative estimate of drug-likeness (QED) is 0.684. The van der Waals surface area contributed by atoms with Gasteiger partial charge in [0.2, 0.25) is 0 Å². The van der Waals surface area contributed by atoms with E-state index in [9.17, 15) is 10.1 Å². The number of rotatable bonds is 4. The first-order chi connectivity index (χ1) is 10.2. The minimum Gasteiger partial charge on any atom is -0.315 e. The lowest BCUT2D eigenvalue weighted by molar-refractivity contribution is -0.385. The lowest BCUT2D eigenvalue weighted by Crippen LogP contribution is -2.46. The number of benzene rings is 1. The average Bonchev–Trinajstić information content (AvgIpc) is 2.97. The van der Waals surface area contributed by atoms with Crippen LogP contribution in [0.2, 0.25) is 0 Å². The maximum absolute atomic E-state index is 11.0. The molecule has 5 nitrogen and oxygen atoms in total. The number of nitro groups is 1. The van der Waals surface area contributed by atoms with Crippen molar-refractivity contribution in [3.63, 3.8) is 0 Å². The highest BCUT2D eigenvalue weighted by Crippen LogP contribution is 2.35. The van der Waals surface area contributed by atoms with Gasteiger partial charge in [0.25, 0.3) is 5.69 Å². The monoisotopic (exact) mass is 289 g/mol. The number of nitrogens with zero attached hydrogens (tertiary/aromatic N) is 2. The van der Waals surface area contributed by atoms with Crippen LogP contribution < -0.4 is 5.32 Å². The highest BCUT2D eigenvalue weighted by atomic mass is 16.6. The predicted octanol–water partition coefficient (Wildman–Crippen LogP) is 2.73. The largest absolute Gasteiger partial charge is 0.315 e. The molecular weight excluding hydrogens is 266 g/mol. The number of hydrogen-bond acceptors (Lipinski definition) is 4. The minimum absolute atomic E-state index is 0.198. The lowest BCUT2D eigenvalue weighted by Gasteiger charge is -2.42. The smallest absolute Gasteiger partial charge is 0.269 e. The van der Waals surface area contributed by atoms with E-state index < -0.39 is 0 Å². The van der Waals surface area contributed by atoms with Crippen LogP contribution in [-0.4, -0.2) is 35.5 Å². The molecule has 3 atom stereocenters. The van der Waals surface area contributed by atoms with Crippen LogP contribution >= 0.6 is 0 Å². The average molecular weight is 289 g/mol. The van der Waals surface area contributed by atoms with Gasteiger partial charge in [-0.3, -0.25) is 15.0 Å². The molecule has 0 aromatic heterocycles. The summed E-state index contributed by atoms with van der Waals surface area (Å²) in [5, 5.41) is 14.5. The van der Waals surface area contributed by atoms with Gasteiger partial charge >= 0.3 is 0 Å². The molecule has 3 rings (SSSR count). The fourth-order valence-corrected chi connectivity index (χ4v) is 4.00. The van der Waals surface area contributed by atoms with Gasteiger partial charge in [-0.1, -0.05) is 19.1 Å². The van der Waals surface area contributed by atoms with Gasteiger partial charge in [-0.05, 0) is 43.8 Å². The second kappa shape index (κ2) is 6.12. The summed E-state index contributed by atoms with van der Waals surface area (Å²) in [7, 11) is 0. The van der Waals surface area contributed by atoms with E-state index in [0.29, 0.717) is 6.04 Å². The van der Waals surface area contributed by atoms with E-state index in [1.807, 2.05) is 12.1 Å². The van der Waals surface area contributed by atoms with Crippen molar-refractivity contribution >= 4 is 5.69 Å². The van der Waals surface area contributed by atoms with E-state index in [2.05, 4.69) is 17.1 Å². The summed E-state index contributed by atoms with van der Waals surface area (Å²) in [6.45, 7) is 5.45. The Labute approximate surface area is 125 Å². The molecule has 0 aliphatic carbocycles. The van der Waals surface area contributed by atoms with E-state index in [4.69, 9.17) is 0 Å². The van der Waals surface area contributed by atoms with Crippen molar-refractivity contribution in [3.8, 4) is 0 Å². The Hall–Kier alpha value is -1.46. The van der Waals surface area contributed by atoms with E-state index in [1.54, 1.807) is 12.1 Å². The van der Waals surface area contributed by atoms with Crippen LogP contribution in [0.4, 0.5) is 5.69 Å². The number of fused-ring (bicyclic) bond motifs is 1. The predicted molar refractivity (Wildman–Crippen MR) is 82.2 cm³/mol. The van der Waals surface area contributed by atoms with E-state index in [-0.39, 0.29) is 16.7 Å². The summed E-state index contributed by atoms with van der Waals surface area (Å²) >= 11 is 0. The minimum atomic E-state index is -0.299. The third kappa shape index (κ3) is 2.80. The van der Waals surface area contributed by atoms with Crippen LogP contribution in [0, 0.1) is 16.0 Å². The summed E-state index contributed by atoms with van der Waals surface area (Å²) < 4.78 is 0. The summed E-state index contributed by atoms with van der Waals surface area (Å²) in [6.07, 6.45) is 3.53. The van der Waals surface area contributed by atoms with E-state index in [1.165, 1.54) is 12.8 Å². The molecule has 1 aromatic rings. The van der Waals surface area contributed by atoms with Crippen LogP contribution in [0.5, 0.6) is 0 Å². The van der Waals surface area contributed by atoms with Crippen LogP contribution in [0.25, 0.3) is 0 Å². The second-order valence-corrected chi connectivity index (χ2v) is 6.14. The zero-order chi connectivity index (χ0) is 14.8. The summed E-state index contributed by atoms with van der Waals surface area (Å²) in [5.41, 5.74) is 1.28. The topological polar surface area (TPSA) is 58.4 Å². The Bertz CT molecular complexity index is 520. The summed E-state index contributed by atoms with van der Waals surface area (Å²) in [6, 6.07) is 8.05. The Balaban J connectivity index is 1.87. The molecule has 0 saturated carbocycles. The number of hydrogen-bond donors (Lipinski definition) is 1. The maximum Gasteiger partial charge on any atom is 0.269 e. The van der Waals surface area contributed by atoms with Crippen molar-refractivity contribution in [1.82, 2.24) is 10.2 Å². The summed E-state index contributed by atoms with van der Waals surface area (Å²) in [4.78, 5) is 13.3. The van der Waals surface area contributed by atoms with E-state index in [0.717, 1.165) is 37.5 Å². The van der Waals surface area contributed by atoms with Crippen LogP contribution in [-0.2, 0) is 0 Å². The Morgan fingerprint density at radius 3 is 3.10 bits per heavy atom. The van der Waals surface area contributed by atoms with Gasteiger partial charge in [0.15, 0.2) is 0 Å². The molecule has 2 fully saturated rings. The fraction of sp³-hybridized carbons (Fsp3) is 0.625. The third-order valence-electron chi connectivity index (χ3n) is 4.97. The second-order valence-electron chi connectivity index (χ2n) is 6.14. The SMILES string of the molecule is CCC(c1cccc([N+](=O)[O-])c1)N1CCCC2CNCC21. The van der Waals surface area contributed by atoms with Crippen molar-refractivity contribution in [1.29, 1.82) is 0 Å². The van der Waals surface area contributed by atoms with Crippen molar-refractivity contribution < 1.29 is 4.92 Å². The van der Waals surface area contributed by atoms with Crippen molar-refractivity contribution in [2.24, 2.45) is 5.92 Å². The normalized spacial score (nSPS) is 27.3. The lowest BCUT2D eigenvalue weighted by atomic mass is 9.88. The zero-order valence-electron chi connectivity index (χ0n) is 12.5. The number of nitrogens with one attached hydrogen (secondary N) is 1. The molecule has 21 heavy (non-hydrogen) atoms. The van der Waals surface area contributed by atoms with Crippen molar-refractivity contribution in [2.75, 3.05) is 19.6 Å². The van der Waals surface area contributed by atoms with Gasteiger partial charge in [0.05, 0.1) is 4.92 Å². The highest BCUT2D eigenvalue weighted by molar-refractivity contribution is 5.36. The highest BCUT2D eigenvalue weighted by Gasteiger charge is 2.38. The van der Waals surface area contributed by atoms with Gasteiger partial charge in [0, 0.05) is 30.8 Å². The van der Waals surface area contributed by atoms with Crippen LogP contribution in [0.15, 0.2) is 24.3 Å². The molecule has 0 bridgehead atoms. The number of nitro benzene ring substituents is 1. The van der Waals surface area contributed by atoms with Crippen LogP contribution in [0.3, 0.4) is 0 Å². The van der Waals surface area contributed by atoms with Gasteiger partial charge in [-0.2, -0.15) is 0 Å². The van der Waals surface area contributed by atoms with Crippen molar-refractivity contribution in [3.05, 3.63) is 39.9 Å². The standard InChI is InChI=1S/C16H23N3O2/c1-2-15(12-5-3-7-14(9-12)19(20)21)18-8-4-6-13-10-17-11-16(13)18/h3,5,7,9,13,15-17H,2,4,6,8,10-11H2,1H3. The molecule has 1 N–H and O–H groups in total. The molecule has 114 valence electrons. The number of likely N-dealkylation sites (tertiary alicyclic amines) is 1. The maximum atomic E-state index is 11.0. The molecule has 5 heteroatoms. The first-order valence-electron chi connectivity index (χ1n) is 7.91. The molecule has 2 heterocycles. The third-order valence-corrected chi connectivity index (χ3v) is 4.97. The Kier molecular flexibility index (Phi) is 4.22. The Morgan fingerprint density at radius 2 is 2.33 bits per heavy atom. The number of piperidine rings is 1. The van der Waals surface area contributed by atoms with E-state index >= 15 is 0 Å². The van der Waals surface area contributed by atoms with Crippen LogP contribution in [0.1, 0.15) is 37.8 Å². The first kappa shape index (κ1) is 14.5. The molecule has 3 unspecified atom stereocenters. The molecule has 0 amide bonds. The molecular formula is C16H23N3O2. The molecule has 2 saturated heterocycles. The fourth-order valence-electron chi connectivity index (χ4n) is 4.00. The van der Waals surface area contributed by atoms with Gasteiger partial charge in [-0.25, -0.2) is 0 Å². The Morgan fingerprint density at radius 1 is 1.48 bits per heavy atom. The summed E-state index contributed by atoms with van der Waals surface area (Å²) in [5.74, 6) is 0.742. The van der Waals surface area contributed by atoms with Crippen molar-refractivity contribution in [2.45, 2.75) is 38.3 Å². The molecule has 2 aliphatic rings. The first-order valence-corrected chi connectivity index (χ1v) is 7.91. The molecule has 1 aromatic carbocycles. The van der Waals surface area contributed by atoms with Gasteiger partial charge in [0.1, 0.15) is 0 Å².